The van der Waals surface area contributed by atoms with Gasteiger partial charge in [-0.3, -0.25) is 0 Å². The highest BCUT2D eigenvalue weighted by Gasteiger charge is 2.20. The monoisotopic (exact) mass is 353 g/mol. The van der Waals surface area contributed by atoms with E-state index in [-0.39, 0.29) is 5.82 Å². The van der Waals surface area contributed by atoms with Crippen molar-refractivity contribution in [2.24, 2.45) is 5.73 Å². The van der Waals surface area contributed by atoms with E-state index in [1.54, 1.807) is 32.4 Å². The molecule has 0 saturated carbocycles. The first-order valence-electron chi connectivity index (χ1n) is 6.41. The zero-order chi connectivity index (χ0) is 15.6. The molecule has 2 rings (SSSR count). The molecule has 2 aromatic carbocycles. The van der Waals surface area contributed by atoms with Crippen LogP contribution in [0.5, 0.6) is 11.5 Å². The van der Waals surface area contributed by atoms with Crippen LogP contribution in [0.15, 0.2) is 34.8 Å². The van der Waals surface area contributed by atoms with Gasteiger partial charge in [0.2, 0.25) is 0 Å². The highest BCUT2D eigenvalue weighted by Crippen LogP contribution is 2.36. The van der Waals surface area contributed by atoms with E-state index in [4.69, 9.17) is 15.2 Å². The Morgan fingerprint density at radius 1 is 1.14 bits per heavy atom. The summed E-state index contributed by atoms with van der Waals surface area (Å²) >= 11 is 3.36. The predicted molar refractivity (Wildman–Crippen MR) is 84.4 cm³/mol. The van der Waals surface area contributed by atoms with Gasteiger partial charge in [-0.05, 0) is 42.3 Å². The molecule has 3 nitrogen and oxygen atoms in total. The first-order valence-corrected chi connectivity index (χ1v) is 7.21. The average Bonchev–Trinajstić information content (AvgIpc) is 2.46. The third kappa shape index (κ3) is 3.04. The van der Waals surface area contributed by atoms with E-state index in [9.17, 15) is 4.39 Å². The van der Waals surface area contributed by atoms with Crippen LogP contribution >= 0.6 is 15.9 Å². The molecular formula is C16H17BrFNO2. The number of rotatable bonds is 4. The standard InChI is InChI=1S/C16H17BrFNO2/c1-9-7-13(20-2)14(21-3)8-10(9)16(19)15-11(17)5-4-6-12(15)18/h4-8,16H,19H2,1-3H3. The molecule has 0 bridgehead atoms. The molecule has 2 N–H and O–H groups in total. The maximum Gasteiger partial charge on any atom is 0.161 e. The fraction of sp³-hybridized carbons (Fsp3) is 0.250. The van der Waals surface area contributed by atoms with Crippen molar-refractivity contribution in [1.82, 2.24) is 0 Å². The van der Waals surface area contributed by atoms with Gasteiger partial charge in [0.15, 0.2) is 11.5 Å². The molecule has 2 aromatic rings. The van der Waals surface area contributed by atoms with E-state index in [1.165, 1.54) is 6.07 Å². The fourth-order valence-electron chi connectivity index (χ4n) is 2.29. The van der Waals surface area contributed by atoms with Gasteiger partial charge < -0.3 is 15.2 Å². The van der Waals surface area contributed by atoms with Crippen LogP contribution in [-0.4, -0.2) is 14.2 Å². The largest absolute Gasteiger partial charge is 0.493 e. The molecule has 1 atom stereocenters. The lowest BCUT2D eigenvalue weighted by Crippen LogP contribution is -2.16. The van der Waals surface area contributed by atoms with Gasteiger partial charge in [0, 0.05) is 10.0 Å². The molecule has 5 heteroatoms. The van der Waals surface area contributed by atoms with Crippen LogP contribution in [-0.2, 0) is 0 Å². The van der Waals surface area contributed by atoms with Crippen molar-refractivity contribution in [3.63, 3.8) is 0 Å². The number of methoxy groups -OCH3 is 2. The first-order chi connectivity index (χ1) is 9.99. The maximum atomic E-state index is 14.1. The second-order valence-corrected chi connectivity index (χ2v) is 5.53. The van der Waals surface area contributed by atoms with Crippen molar-refractivity contribution in [3.05, 3.63) is 57.3 Å². The SMILES string of the molecule is COc1cc(C)c(C(N)c2c(F)cccc2Br)cc1OC. The molecule has 21 heavy (non-hydrogen) atoms. The molecule has 0 radical (unpaired) electrons. The van der Waals surface area contributed by atoms with Crippen molar-refractivity contribution in [3.8, 4) is 11.5 Å². The summed E-state index contributed by atoms with van der Waals surface area (Å²) in [4.78, 5) is 0. The van der Waals surface area contributed by atoms with E-state index >= 15 is 0 Å². The molecule has 0 amide bonds. The molecule has 0 aliphatic carbocycles. The summed E-state index contributed by atoms with van der Waals surface area (Å²) in [7, 11) is 3.13. The zero-order valence-electron chi connectivity index (χ0n) is 12.1. The Morgan fingerprint density at radius 3 is 2.33 bits per heavy atom. The topological polar surface area (TPSA) is 44.5 Å². The van der Waals surface area contributed by atoms with E-state index < -0.39 is 6.04 Å². The molecule has 0 fully saturated rings. The number of hydrogen-bond acceptors (Lipinski definition) is 3. The van der Waals surface area contributed by atoms with E-state index in [2.05, 4.69) is 15.9 Å². The van der Waals surface area contributed by atoms with Crippen LogP contribution in [0.1, 0.15) is 22.7 Å². The van der Waals surface area contributed by atoms with Gasteiger partial charge in [-0.2, -0.15) is 0 Å². The van der Waals surface area contributed by atoms with Crippen molar-refractivity contribution >= 4 is 15.9 Å². The van der Waals surface area contributed by atoms with Gasteiger partial charge >= 0.3 is 0 Å². The summed E-state index contributed by atoms with van der Waals surface area (Å²) < 4.78 is 25.3. The molecule has 1 unspecified atom stereocenters. The second kappa shape index (κ2) is 6.45. The van der Waals surface area contributed by atoms with Gasteiger partial charge in [-0.15, -0.1) is 0 Å². The van der Waals surface area contributed by atoms with Crippen molar-refractivity contribution < 1.29 is 13.9 Å². The summed E-state index contributed by atoms with van der Waals surface area (Å²) in [5.41, 5.74) is 8.39. The van der Waals surface area contributed by atoms with Crippen LogP contribution in [0, 0.1) is 12.7 Å². The zero-order valence-corrected chi connectivity index (χ0v) is 13.7. The predicted octanol–water partition coefficient (Wildman–Crippen LogP) is 3.96. The molecule has 0 heterocycles. The minimum atomic E-state index is -0.597. The normalized spacial score (nSPS) is 12.1. The lowest BCUT2D eigenvalue weighted by atomic mass is 9.95. The Balaban J connectivity index is 2.56. The number of halogens is 2. The summed E-state index contributed by atoms with van der Waals surface area (Å²) in [6, 6.07) is 7.84. The number of aryl methyl sites for hydroxylation is 1. The number of ether oxygens (including phenoxy) is 2. The Hall–Kier alpha value is -1.59. The van der Waals surface area contributed by atoms with E-state index in [0.717, 1.165) is 11.1 Å². The number of benzene rings is 2. The van der Waals surface area contributed by atoms with Gasteiger partial charge in [-0.1, -0.05) is 22.0 Å². The molecule has 0 spiro atoms. The third-order valence-corrected chi connectivity index (χ3v) is 4.11. The highest BCUT2D eigenvalue weighted by molar-refractivity contribution is 9.10. The van der Waals surface area contributed by atoms with E-state index in [0.29, 0.717) is 21.5 Å². The summed E-state index contributed by atoms with van der Waals surface area (Å²) in [5.74, 6) is 0.852. The van der Waals surface area contributed by atoms with Crippen LogP contribution in [0.2, 0.25) is 0 Å². The molecule has 0 aliphatic rings. The van der Waals surface area contributed by atoms with Crippen LogP contribution in [0.25, 0.3) is 0 Å². The fourth-order valence-corrected chi connectivity index (χ4v) is 2.88. The van der Waals surface area contributed by atoms with Gasteiger partial charge in [-0.25, -0.2) is 4.39 Å². The van der Waals surface area contributed by atoms with Gasteiger partial charge in [0.25, 0.3) is 0 Å². The Kier molecular flexibility index (Phi) is 4.85. The quantitative estimate of drug-likeness (QED) is 0.904. The molecule has 112 valence electrons. The second-order valence-electron chi connectivity index (χ2n) is 4.68. The van der Waals surface area contributed by atoms with E-state index in [1.807, 2.05) is 13.0 Å². The molecule has 0 saturated heterocycles. The smallest absolute Gasteiger partial charge is 0.161 e. The average molecular weight is 354 g/mol. The first kappa shape index (κ1) is 15.8. The Bertz CT molecular complexity index is 641. The summed E-state index contributed by atoms with van der Waals surface area (Å²) in [6.07, 6.45) is 0. The lowest BCUT2D eigenvalue weighted by Gasteiger charge is -2.19. The molecule has 0 aromatic heterocycles. The third-order valence-electron chi connectivity index (χ3n) is 3.42. The number of hydrogen-bond donors (Lipinski definition) is 1. The van der Waals surface area contributed by atoms with Gasteiger partial charge in [0.05, 0.1) is 20.3 Å². The molecule has 0 aliphatic heterocycles. The van der Waals surface area contributed by atoms with Gasteiger partial charge in [0.1, 0.15) is 5.82 Å². The van der Waals surface area contributed by atoms with Crippen molar-refractivity contribution in [1.29, 1.82) is 0 Å². The summed E-state index contributed by atoms with van der Waals surface area (Å²) in [6.45, 7) is 1.91. The van der Waals surface area contributed by atoms with Crippen LogP contribution in [0.4, 0.5) is 4.39 Å². The minimum Gasteiger partial charge on any atom is -0.493 e. The van der Waals surface area contributed by atoms with Crippen LogP contribution in [0.3, 0.4) is 0 Å². The maximum absolute atomic E-state index is 14.1. The minimum absolute atomic E-state index is 0.342. The van der Waals surface area contributed by atoms with Crippen molar-refractivity contribution in [2.45, 2.75) is 13.0 Å². The van der Waals surface area contributed by atoms with Crippen LogP contribution < -0.4 is 15.2 Å². The number of nitrogens with two attached hydrogens (primary N) is 1. The Morgan fingerprint density at radius 2 is 1.76 bits per heavy atom. The highest BCUT2D eigenvalue weighted by atomic mass is 79.9. The summed E-state index contributed by atoms with van der Waals surface area (Å²) in [5, 5.41) is 0. The lowest BCUT2D eigenvalue weighted by molar-refractivity contribution is 0.354. The molecular weight excluding hydrogens is 337 g/mol. The van der Waals surface area contributed by atoms with Crippen molar-refractivity contribution in [2.75, 3.05) is 14.2 Å². The Labute approximate surface area is 132 Å².